The van der Waals surface area contributed by atoms with Crippen LogP contribution in [0.2, 0.25) is 5.02 Å². The van der Waals surface area contributed by atoms with Crippen molar-refractivity contribution in [3.63, 3.8) is 0 Å². The summed E-state index contributed by atoms with van der Waals surface area (Å²) in [7, 11) is 0. The Hall–Kier alpha value is -0.600. The van der Waals surface area contributed by atoms with Gasteiger partial charge in [-0.1, -0.05) is 43.5 Å². The fourth-order valence-corrected chi connectivity index (χ4v) is 3.12. The fraction of sp³-hybridized carbons (Fsp3) is 0.600. The summed E-state index contributed by atoms with van der Waals surface area (Å²) in [5.74, 6) is -0.288. The highest BCUT2D eigenvalue weighted by Crippen LogP contribution is 2.40. The SMILES string of the molecule is CCC1(CNCc2cccc(Cl)c2F)CCCC1. The zero-order chi connectivity index (χ0) is 13.0. The van der Waals surface area contributed by atoms with E-state index in [-0.39, 0.29) is 10.8 Å². The first-order valence-corrected chi connectivity index (χ1v) is 7.18. The monoisotopic (exact) mass is 269 g/mol. The molecule has 0 saturated heterocycles. The van der Waals surface area contributed by atoms with E-state index in [4.69, 9.17) is 11.6 Å². The van der Waals surface area contributed by atoms with Crippen LogP contribution in [0.1, 0.15) is 44.6 Å². The smallest absolute Gasteiger partial charge is 0.146 e. The Bertz CT molecular complexity index is 399. The van der Waals surface area contributed by atoms with Crippen LogP contribution in [0.5, 0.6) is 0 Å². The number of hydrogen-bond acceptors (Lipinski definition) is 1. The molecule has 0 heterocycles. The lowest BCUT2D eigenvalue weighted by Gasteiger charge is -2.27. The van der Waals surface area contributed by atoms with E-state index in [0.29, 0.717) is 17.5 Å². The Morgan fingerprint density at radius 1 is 1.33 bits per heavy atom. The van der Waals surface area contributed by atoms with Gasteiger partial charge < -0.3 is 5.32 Å². The molecule has 1 aromatic rings. The average Bonchev–Trinajstić information content (AvgIpc) is 2.84. The minimum atomic E-state index is -0.288. The lowest BCUT2D eigenvalue weighted by Crippen LogP contribution is -2.31. The number of hydrogen-bond donors (Lipinski definition) is 1. The summed E-state index contributed by atoms with van der Waals surface area (Å²) in [5.41, 5.74) is 1.10. The molecule has 0 aromatic heterocycles. The van der Waals surface area contributed by atoms with E-state index in [1.807, 2.05) is 0 Å². The molecular weight excluding hydrogens is 249 g/mol. The van der Waals surface area contributed by atoms with Crippen LogP contribution < -0.4 is 5.32 Å². The number of rotatable bonds is 5. The quantitative estimate of drug-likeness (QED) is 0.828. The maximum atomic E-state index is 13.7. The van der Waals surface area contributed by atoms with Crippen LogP contribution in [0.15, 0.2) is 18.2 Å². The summed E-state index contributed by atoms with van der Waals surface area (Å²) in [6.45, 7) is 3.80. The van der Waals surface area contributed by atoms with Gasteiger partial charge >= 0.3 is 0 Å². The molecule has 3 heteroatoms. The van der Waals surface area contributed by atoms with E-state index in [9.17, 15) is 4.39 Å². The minimum Gasteiger partial charge on any atom is -0.312 e. The predicted octanol–water partition coefficient (Wildman–Crippen LogP) is 4.54. The van der Waals surface area contributed by atoms with Crippen LogP contribution in [0.4, 0.5) is 4.39 Å². The summed E-state index contributed by atoms with van der Waals surface area (Å²) in [4.78, 5) is 0. The zero-order valence-electron chi connectivity index (χ0n) is 10.9. The minimum absolute atomic E-state index is 0.209. The molecule has 2 rings (SSSR count). The second kappa shape index (κ2) is 6.03. The molecule has 0 unspecified atom stereocenters. The van der Waals surface area contributed by atoms with Crippen molar-refractivity contribution in [2.24, 2.45) is 5.41 Å². The van der Waals surface area contributed by atoms with Gasteiger partial charge in [0, 0.05) is 18.7 Å². The Morgan fingerprint density at radius 2 is 2.06 bits per heavy atom. The van der Waals surface area contributed by atoms with Crippen molar-refractivity contribution in [3.8, 4) is 0 Å². The lowest BCUT2D eigenvalue weighted by molar-refractivity contribution is 0.267. The molecule has 1 saturated carbocycles. The molecule has 1 aliphatic carbocycles. The molecule has 1 aromatic carbocycles. The summed E-state index contributed by atoms with van der Waals surface area (Å²) in [6.07, 6.45) is 6.48. The topological polar surface area (TPSA) is 12.0 Å². The Labute approximate surface area is 114 Å². The van der Waals surface area contributed by atoms with Gasteiger partial charge in [-0.05, 0) is 30.7 Å². The van der Waals surface area contributed by atoms with Gasteiger partial charge in [-0.15, -0.1) is 0 Å². The second-order valence-electron chi connectivity index (χ2n) is 5.38. The van der Waals surface area contributed by atoms with Crippen molar-refractivity contribution >= 4 is 11.6 Å². The molecule has 18 heavy (non-hydrogen) atoms. The van der Waals surface area contributed by atoms with Crippen LogP contribution in [-0.2, 0) is 6.54 Å². The van der Waals surface area contributed by atoms with Gasteiger partial charge in [-0.3, -0.25) is 0 Å². The molecule has 1 N–H and O–H groups in total. The molecule has 0 amide bonds. The van der Waals surface area contributed by atoms with Gasteiger partial charge in [-0.2, -0.15) is 0 Å². The third kappa shape index (κ3) is 3.04. The first-order chi connectivity index (χ1) is 8.67. The largest absolute Gasteiger partial charge is 0.312 e. The van der Waals surface area contributed by atoms with E-state index < -0.39 is 0 Å². The summed E-state index contributed by atoms with van der Waals surface area (Å²) in [5, 5.41) is 3.61. The Balaban J connectivity index is 1.90. The highest BCUT2D eigenvalue weighted by molar-refractivity contribution is 6.30. The first-order valence-electron chi connectivity index (χ1n) is 6.80. The van der Waals surface area contributed by atoms with Gasteiger partial charge in [0.25, 0.3) is 0 Å². The third-order valence-electron chi connectivity index (χ3n) is 4.26. The summed E-state index contributed by atoms with van der Waals surface area (Å²) < 4.78 is 13.7. The highest BCUT2D eigenvalue weighted by Gasteiger charge is 2.31. The normalized spacial score (nSPS) is 18.2. The molecule has 0 radical (unpaired) electrons. The van der Waals surface area contributed by atoms with E-state index in [1.54, 1.807) is 18.2 Å². The van der Waals surface area contributed by atoms with Gasteiger partial charge in [0.15, 0.2) is 0 Å². The first kappa shape index (κ1) is 13.8. The van der Waals surface area contributed by atoms with E-state index in [0.717, 1.165) is 6.54 Å². The van der Waals surface area contributed by atoms with Gasteiger partial charge in [0.05, 0.1) is 5.02 Å². The maximum absolute atomic E-state index is 13.7. The molecule has 1 aliphatic rings. The molecular formula is C15H21ClFN. The lowest BCUT2D eigenvalue weighted by atomic mass is 9.83. The van der Waals surface area contributed by atoms with Crippen molar-refractivity contribution in [3.05, 3.63) is 34.6 Å². The zero-order valence-corrected chi connectivity index (χ0v) is 11.7. The van der Waals surface area contributed by atoms with Crippen LogP contribution in [0.3, 0.4) is 0 Å². The molecule has 0 bridgehead atoms. The van der Waals surface area contributed by atoms with Crippen LogP contribution in [0.25, 0.3) is 0 Å². The van der Waals surface area contributed by atoms with Gasteiger partial charge in [-0.25, -0.2) is 4.39 Å². The third-order valence-corrected chi connectivity index (χ3v) is 4.55. The van der Waals surface area contributed by atoms with E-state index >= 15 is 0 Å². The van der Waals surface area contributed by atoms with E-state index in [2.05, 4.69) is 12.2 Å². The molecule has 100 valence electrons. The highest BCUT2D eigenvalue weighted by atomic mass is 35.5. The van der Waals surface area contributed by atoms with Crippen molar-refractivity contribution in [2.75, 3.05) is 6.54 Å². The predicted molar refractivity (Wildman–Crippen MR) is 74.3 cm³/mol. The Morgan fingerprint density at radius 3 is 2.72 bits per heavy atom. The van der Waals surface area contributed by atoms with Crippen LogP contribution in [0, 0.1) is 11.2 Å². The maximum Gasteiger partial charge on any atom is 0.146 e. The summed E-state index contributed by atoms with van der Waals surface area (Å²) in [6, 6.07) is 5.18. The number of halogens is 2. The van der Waals surface area contributed by atoms with Crippen molar-refractivity contribution < 1.29 is 4.39 Å². The Kier molecular flexibility index (Phi) is 4.63. The van der Waals surface area contributed by atoms with Crippen LogP contribution >= 0.6 is 11.6 Å². The molecule has 0 atom stereocenters. The van der Waals surface area contributed by atoms with Gasteiger partial charge in [0.2, 0.25) is 0 Å². The van der Waals surface area contributed by atoms with Crippen LogP contribution in [-0.4, -0.2) is 6.54 Å². The van der Waals surface area contributed by atoms with Crippen molar-refractivity contribution in [1.82, 2.24) is 5.32 Å². The average molecular weight is 270 g/mol. The molecule has 1 nitrogen and oxygen atoms in total. The number of nitrogens with one attached hydrogen (secondary N) is 1. The molecule has 1 fully saturated rings. The van der Waals surface area contributed by atoms with Crippen molar-refractivity contribution in [1.29, 1.82) is 0 Å². The molecule has 0 spiro atoms. The van der Waals surface area contributed by atoms with Gasteiger partial charge in [0.1, 0.15) is 5.82 Å². The second-order valence-corrected chi connectivity index (χ2v) is 5.78. The fourth-order valence-electron chi connectivity index (χ4n) is 2.93. The summed E-state index contributed by atoms with van der Waals surface area (Å²) >= 11 is 5.77. The van der Waals surface area contributed by atoms with E-state index in [1.165, 1.54) is 32.1 Å². The standard InChI is InChI=1S/C15H21ClFN/c1-2-15(8-3-4-9-15)11-18-10-12-6-5-7-13(16)14(12)17/h5-7,18H,2-4,8-11H2,1H3. The van der Waals surface area contributed by atoms with Crippen molar-refractivity contribution in [2.45, 2.75) is 45.6 Å². The molecule has 0 aliphatic heterocycles. The number of benzene rings is 1.